The molecule has 3 rings (SSSR count). The topological polar surface area (TPSA) is 38.0 Å². The number of rotatable bonds is 1. The predicted octanol–water partition coefficient (Wildman–Crippen LogP) is 2.58. The molecule has 0 unspecified atom stereocenters. The van der Waals surface area contributed by atoms with Gasteiger partial charge < -0.3 is 11.1 Å². The molecular formula is C14H19ClN2. The molecule has 1 heterocycles. The molecule has 0 aromatic heterocycles. The van der Waals surface area contributed by atoms with Crippen molar-refractivity contribution in [2.75, 3.05) is 13.1 Å². The van der Waals surface area contributed by atoms with Gasteiger partial charge in [0.2, 0.25) is 0 Å². The van der Waals surface area contributed by atoms with Crippen LogP contribution in [0, 0.1) is 12.3 Å². The van der Waals surface area contributed by atoms with E-state index in [-0.39, 0.29) is 5.54 Å². The first-order valence-corrected chi connectivity index (χ1v) is 6.68. The lowest BCUT2D eigenvalue weighted by molar-refractivity contribution is 0.0438. The summed E-state index contributed by atoms with van der Waals surface area (Å²) in [6.07, 6.45) is 3.45. The van der Waals surface area contributed by atoms with E-state index in [2.05, 4.69) is 18.3 Å². The van der Waals surface area contributed by atoms with Crippen molar-refractivity contribution in [3.63, 3.8) is 0 Å². The Kier molecular flexibility index (Phi) is 2.51. The molecule has 1 aliphatic heterocycles. The Bertz CT molecular complexity index is 442. The number of nitrogens with two attached hydrogens (primary N) is 1. The largest absolute Gasteiger partial charge is 0.321 e. The summed E-state index contributed by atoms with van der Waals surface area (Å²) in [6, 6.07) is 6.09. The van der Waals surface area contributed by atoms with Gasteiger partial charge in [0, 0.05) is 17.1 Å². The minimum absolute atomic E-state index is 0.152. The Balaban J connectivity index is 1.88. The summed E-state index contributed by atoms with van der Waals surface area (Å²) in [4.78, 5) is 0. The van der Waals surface area contributed by atoms with E-state index in [1.165, 1.54) is 12.0 Å². The first-order valence-electron chi connectivity index (χ1n) is 6.30. The highest BCUT2D eigenvalue weighted by atomic mass is 35.5. The van der Waals surface area contributed by atoms with Gasteiger partial charge >= 0.3 is 0 Å². The van der Waals surface area contributed by atoms with E-state index in [1.807, 2.05) is 12.1 Å². The molecule has 0 radical (unpaired) electrons. The minimum atomic E-state index is -0.152. The third-order valence-corrected chi connectivity index (χ3v) is 4.93. The van der Waals surface area contributed by atoms with Crippen LogP contribution >= 0.6 is 11.6 Å². The van der Waals surface area contributed by atoms with Gasteiger partial charge in [-0.25, -0.2) is 0 Å². The average molecular weight is 251 g/mol. The summed E-state index contributed by atoms with van der Waals surface area (Å²) in [5.41, 5.74) is 9.26. The van der Waals surface area contributed by atoms with Crippen LogP contribution in [0.1, 0.15) is 30.4 Å². The molecule has 2 aliphatic rings. The monoisotopic (exact) mass is 250 g/mol. The van der Waals surface area contributed by atoms with Gasteiger partial charge in [-0.3, -0.25) is 0 Å². The summed E-state index contributed by atoms with van der Waals surface area (Å²) < 4.78 is 0. The smallest absolute Gasteiger partial charge is 0.0438 e. The molecule has 2 fully saturated rings. The molecule has 0 amide bonds. The van der Waals surface area contributed by atoms with Crippen molar-refractivity contribution in [1.29, 1.82) is 0 Å². The van der Waals surface area contributed by atoms with Crippen LogP contribution in [-0.2, 0) is 5.54 Å². The van der Waals surface area contributed by atoms with E-state index < -0.39 is 0 Å². The zero-order valence-electron chi connectivity index (χ0n) is 10.2. The standard InChI is InChI=1S/C14H19ClN2/c1-10-11(3-2-4-12(10)15)14(16)7-13(8-14)5-6-17-9-13/h2-4,17H,5-9,16H2,1H3. The molecule has 1 saturated carbocycles. The molecular weight excluding hydrogens is 232 g/mol. The summed E-state index contributed by atoms with van der Waals surface area (Å²) >= 11 is 6.18. The summed E-state index contributed by atoms with van der Waals surface area (Å²) in [5.74, 6) is 0. The zero-order valence-corrected chi connectivity index (χ0v) is 11.0. The highest BCUT2D eigenvalue weighted by molar-refractivity contribution is 6.31. The third-order valence-electron chi connectivity index (χ3n) is 4.52. The van der Waals surface area contributed by atoms with Crippen LogP contribution in [0.4, 0.5) is 0 Å². The Morgan fingerprint density at radius 1 is 1.35 bits per heavy atom. The molecule has 92 valence electrons. The second-order valence-electron chi connectivity index (χ2n) is 5.85. The quantitative estimate of drug-likeness (QED) is 0.804. The van der Waals surface area contributed by atoms with Crippen LogP contribution < -0.4 is 11.1 Å². The minimum Gasteiger partial charge on any atom is -0.321 e. The van der Waals surface area contributed by atoms with Crippen LogP contribution in [0.25, 0.3) is 0 Å². The number of hydrogen-bond donors (Lipinski definition) is 2. The van der Waals surface area contributed by atoms with Gasteiger partial charge in [0.25, 0.3) is 0 Å². The van der Waals surface area contributed by atoms with Crippen molar-refractivity contribution in [2.45, 2.75) is 31.7 Å². The SMILES string of the molecule is Cc1c(Cl)cccc1C1(N)CC2(CCNC2)C1. The Morgan fingerprint density at radius 2 is 2.12 bits per heavy atom. The van der Waals surface area contributed by atoms with E-state index in [4.69, 9.17) is 17.3 Å². The van der Waals surface area contributed by atoms with Crippen molar-refractivity contribution in [3.8, 4) is 0 Å². The van der Waals surface area contributed by atoms with Gasteiger partial charge in [0.05, 0.1) is 0 Å². The van der Waals surface area contributed by atoms with Crippen LogP contribution in [0.2, 0.25) is 5.02 Å². The fourth-order valence-electron chi connectivity index (χ4n) is 3.72. The molecule has 3 heteroatoms. The lowest BCUT2D eigenvalue weighted by atomic mass is 9.54. The number of benzene rings is 1. The molecule has 1 aliphatic carbocycles. The van der Waals surface area contributed by atoms with Crippen molar-refractivity contribution in [3.05, 3.63) is 34.3 Å². The van der Waals surface area contributed by atoms with E-state index in [0.717, 1.165) is 36.5 Å². The van der Waals surface area contributed by atoms with E-state index >= 15 is 0 Å². The van der Waals surface area contributed by atoms with E-state index in [9.17, 15) is 0 Å². The van der Waals surface area contributed by atoms with Gasteiger partial charge in [-0.15, -0.1) is 0 Å². The van der Waals surface area contributed by atoms with Crippen molar-refractivity contribution < 1.29 is 0 Å². The maximum atomic E-state index is 6.56. The molecule has 1 aromatic rings. The third kappa shape index (κ3) is 1.70. The predicted molar refractivity (Wildman–Crippen MR) is 71.2 cm³/mol. The van der Waals surface area contributed by atoms with Gasteiger partial charge in [0.1, 0.15) is 0 Å². The normalized spacial score (nSPS) is 36.2. The van der Waals surface area contributed by atoms with Crippen LogP contribution in [0.3, 0.4) is 0 Å². The number of nitrogens with one attached hydrogen (secondary N) is 1. The molecule has 3 N–H and O–H groups in total. The maximum absolute atomic E-state index is 6.56. The van der Waals surface area contributed by atoms with Gasteiger partial charge in [0.15, 0.2) is 0 Å². The summed E-state index contributed by atoms with van der Waals surface area (Å²) in [5, 5.41) is 4.28. The molecule has 1 aromatic carbocycles. The van der Waals surface area contributed by atoms with Crippen molar-refractivity contribution in [2.24, 2.45) is 11.1 Å². The fourth-order valence-corrected chi connectivity index (χ4v) is 3.90. The molecule has 2 nitrogen and oxygen atoms in total. The molecule has 1 spiro atoms. The van der Waals surface area contributed by atoms with Gasteiger partial charge in [-0.1, -0.05) is 23.7 Å². The average Bonchev–Trinajstić information content (AvgIpc) is 2.70. The second kappa shape index (κ2) is 3.71. The van der Waals surface area contributed by atoms with Crippen LogP contribution in [-0.4, -0.2) is 13.1 Å². The first kappa shape index (κ1) is 11.5. The highest BCUT2D eigenvalue weighted by Crippen LogP contribution is 2.56. The summed E-state index contributed by atoms with van der Waals surface area (Å²) in [6.45, 7) is 4.35. The molecule has 1 saturated heterocycles. The maximum Gasteiger partial charge on any atom is 0.0438 e. The highest BCUT2D eigenvalue weighted by Gasteiger charge is 2.54. The lowest BCUT2D eigenvalue weighted by Gasteiger charge is -2.53. The summed E-state index contributed by atoms with van der Waals surface area (Å²) in [7, 11) is 0. The Labute approximate surface area is 108 Å². The number of halogens is 1. The van der Waals surface area contributed by atoms with Crippen molar-refractivity contribution >= 4 is 11.6 Å². The Hall–Kier alpha value is -0.570. The fraction of sp³-hybridized carbons (Fsp3) is 0.571. The van der Waals surface area contributed by atoms with Gasteiger partial charge in [-0.05, 0) is 55.3 Å². The second-order valence-corrected chi connectivity index (χ2v) is 6.26. The van der Waals surface area contributed by atoms with Crippen LogP contribution in [0.5, 0.6) is 0 Å². The zero-order chi connectivity index (χ0) is 12.1. The van der Waals surface area contributed by atoms with Crippen molar-refractivity contribution in [1.82, 2.24) is 5.32 Å². The van der Waals surface area contributed by atoms with E-state index in [1.54, 1.807) is 0 Å². The molecule has 17 heavy (non-hydrogen) atoms. The Morgan fingerprint density at radius 3 is 2.76 bits per heavy atom. The van der Waals surface area contributed by atoms with E-state index in [0.29, 0.717) is 5.41 Å². The molecule has 0 bridgehead atoms. The number of hydrogen-bond acceptors (Lipinski definition) is 2. The lowest BCUT2D eigenvalue weighted by Crippen LogP contribution is -2.56. The van der Waals surface area contributed by atoms with Gasteiger partial charge in [-0.2, -0.15) is 0 Å². The van der Waals surface area contributed by atoms with Crippen LogP contribution in [0.15, 0.2) is 18.2 Å². The molecule has 0 atom stereocenters. The first-order chi connectivity index (χ1) is 8.05.